The van der Waals surface area contributed by atoms with Crippen LogP contribution in [0, 0.1) is 5.92 Å². The number of carbonyl (C=O) groups is 1. The number of amides is 1. The number of para-hydroxylation sites is 2. The number of hydrogen-bond acceptors (Lipinski definition) is 4. The molecule has 2 aromatic heterocycles. The highest BCUT2D eigenvalue weighted by molar-refractivity contribution is 5.93. The largest absolute Gasteiger partial charge is 0.449 e. The lowest BCUT2D eigenvalue weighted by molar-refractivity contribution is -0.147. The van der Waals surface area contributed by atoms with E-state index in [-0.39, 0.29) is 24.1 Å². The number of halogens is 3. The minimum Gasteiger partial charge on any atom is -0.355 e. The van der Waals surface area contributed by atoms with Crippen LogP contribution in [0.15, 0.2) is 65.2 Å². The normalized spacial score (nSPS) is 15.3. The number of fused-ring (bicyclic) bond motifs is 1. The number of likely N-dealkylation sites (tertiary alicyclic amines) is 1. The van der Waals surface area contributed by atoms with Gasteiger partial charge >= 0.3 is 6.18 Å². The summed E-state index contributed by atoms with van der Waals surface area (Å²) < 4.78 is 47.3. The summed E-state index contributed by atoms with van der Waals surface area (Å²) in [6.07, 6.45) is -3.34. The summed E-state index contributed by atoms with van der Waals surface area (Å²) in [5.41, 5.74) is 1.86. The Balaban J connectivity index is 1.27. The fourth-order valence-electron chi connectivity index (χ4n) is 4.33. The van der Waals surface area contributed by atoms with E-state index in [0.717, 1.165) is 5.56 Å². The van der Waals surface area contributed by atoms with Gasteiger partial charge in [0.25, 0.3) is 5.91 Å². The zero-order valence-electron chi connectivity index (χ0n) is 17.6. The van der Waals surface area contributed by atoms with Crippen molar-refractivity contribution in [2.75, 3.05) is 13.1 Å². The van der Waals surface area contributed by atoms with Gasteiger partial charge in [-0.2, -0.15) is 13.2 Å². The van der Waals surface area contributed by atoms with Gasteiger partial charge < -0.3 is 14.0 Å². The van der Waals surface area contributed by atoms with Gasteiger partial charge in [0.1, 0.15) is 0 Å². The maximum absolute atomic E-state index is 13.6. The molecule has 3 heterocycles. The van der Waals surface area contributed by atoms with Gasteiger partial charge in [0.05, 0.1) is 11.0 Å². The average Bonchev–Trinajstić information content (AvgIpc) is 3.46. The van der Waals surface area contributed by atoms with Gasteiger partial charge in [0.15, 0.2) is 11.5 Å². The second-order valence-corrected chi connectivity index (χ2v) is 8.21. The SMILES string of the molecule is O=C(c1cc(-c2ccccc2)on1)N1CCC(Cn2c(C(F)(F)F)nc3ccccc32)CC1. The Bertz CT molecular complexity index is 1270. The summed E-state index contributed by atoms with van der Waals surface area (Å²) in [5.74, 6) is -0.591. The molecule has 1 saturated heterocycles. The summed E-state index contributed by atoms with van der Waals surface area (Å²) >= 11 is 0. The predicted molar refractivity (Wildman–Crippen MR) is 115 cm³/mol. The molecule has 9 heteroatoms. The Morgan fingerprint density at radius 3 is 2.45 bits per heavy atom. The van der Waals surface area contributed by atoms with Gasteiger partial charge in [-0.1, -0.05) is 47.6 Å². The van der Waals surface area contributed by atoms with Crippen LogP contribution in [0.2, 0.25) is 0 Å². The molecule has 0 bridgehead atoms. The van der Waals surface area contributed by atoms with Crippen molar-refractivity contribution >= 4 is 16.9 Å². The van der Waals surface area contributed by atoms with Crippen molar-refractivity contribution in [3.8, 4) is 11.3 Å². The van der Waals surface area contributed by atoms with Crippen LogP contribution in [0.25, 0.3) is 22.4 Å². The molecule has 1 aliphatic heterocycles. The monoisotopic (exact) mass is 454 g/mol. The van der Waals surface area contributed by atoms with E-state index in [9.17, 15) is 18.0 Å². The first-order valence-corrected chi connectivity index (χ1v) is 10.7. The van der Waals surface area contributed by atoms with Crippen LogP contribution < -0.4 is 0 Å². The number of piperidine rings is 1. The maximum atomic E-state index is 13.6. The molecular weight excluding hydrogens is 433 g/mol. The zero-order valence-corrected chi connectivity index (χ0v) is 17.6. The van der Waals surface area contributed by atoms with Crippen molar-refractivity contribution in [3.05, 3.63) is 72.2 Å². The fourth-order valence-corrected chi connectivity index (χ4v) is 4.33. The molecule has 0 saturated carbocycles. The van der Waals surface area contributed by atoms with Crippen molar-refractivity contribution in [2.24, 2.45) is 5.92 Å². The van der Waals surface area contributed by atoms with E-state index in [1.165, 1.54) is 4.57 Å². The van der Waals surface area contributed by atoms with Crippen LogP contribution in [0.5, 0.6) is 0 Å². The molecule has 0 N–H and O–H groups in total. The van der Waals surface area contributed by atoms with Gasteiger partial charge in [-0.25, -0.2) is 4.98 Å². The first-order chi connectivity index (χ1) is 15.9. The average molecular weight is 454 g/mol. The Labute approximate surface area is 187 Å². The topological polar surface area (TPSA) is 64.2 Å². The summed E-state index contributed by atoms with van der Waals surface area (Å²) in [7, 11) is 0. The van der Waals surface area contributed by atoms with E-state index in [1.807, 2.05) is 30.3 Å². The minimum absolute atomic E-state index is 0.00458. The third kappa shape index (κ3) is 4.22. The molecule has 0 spiro atoms. The number of nitrogens with zero attached hydrogens (tertiary/aromatic N) is 4. The van der Waals surface area contributed by atoms with Gasteiger partial charge in [0, 0.05) is 31.3 Å². The van der Waals surface area contributed by atoms with E-state index in [4.69, 9.17) is 4.52 Å². The number of hydrogen-bond donors (Lipinski definition) is 0. The zero-order chi connectivity index (χ0) is 23.0. The predicted octanol–water partition coefficient (Wildman–Crippen LogP) is 5.26. The molecular formula is C24H21F3N4O2. The number of carbonyl (C=O) groups excluding carboxylic acids is 1. The van der Waals surface area contributed by atoms with E-state index < -0.39 is 12.0 Å². The highest BCUT2D eigenvalue weighted by atomic mass is 19.4. The van der Waals surface area contributed by atoms with E-state index in [0.29, 0.717) is 42.7 Å². The molecule has 33 heavy (non-hydrogen) atoms. The standard InChI is InChI=1S/C24H21F3N4O2/c25-24(26,27)23-28-18-8-4-5-9-20(18)31(23)15-16-10-12-30(13-11-16)22(32)19-14-21(33-29-19)17-6-2-1-3-7-17/h1-9,14,16H,10-13,15H2. The Hall–Kier alpha value is -3.62. The van der Waals surface area contributed by atoms with E-state index in [2.05, 4.69) is 10.1 Å². The molecule has 4 aromatic rings. The lowest BCUT2D eigenvalue weighted by atomic mass is 9.96. The number of aromatic nitrogens is 3. The fraction of sp³-hybridized carbons (Fsp3) is 0.292. The number of alkyl halides is 3. The first kappa shape index (κ1) is 21.2. The summed E-state index contributed by atoms with van der Waals surface area (Å²) in [5, 5.41) is 3.92. The van der Waals surface area contributed by atoms with Crippen LogP contribution >= 0.6 is 0 Å². The molecule has 0 radical (unpaired) electrons. The summed E-state index contributed by atoms with van der Waals surface area (Å²) in [6, 6.07) is 17.6. The highest BCUT2D eigenvalue weighted by Crippen LogP contribution is 2.33. The molecule has 6 nitrogen and oxygen atoms in total. The van der Waals surface area contributed by atoms with Gasteiger partial charge in [-0.05, 0) is 30.9 Å². The van der Waals surface area contributed by atoms with E-state index >= 15 is 0 Å². The lowest BCUT2D eigenvalue weighted by Crippen LogP contribution is -2.39. The van der Waals surface area contributed by atoms with Crippen molar-refractivity contribution in [1.29, 1.82) is 0 Å². The van der Waals surface area contributed by atoms with Crippen LogP contribution in [-0.2, 0) is 12.7 Å². The lowest BCUT2D eigenvalue weighted by Gasteiger charge is -2.32. The van der Waals surface area contributed by atoms with Gasteiger partial charge in [0.2, 0.25) is 5.82 Å². The van der Waals surface area contributed by atoms with Crippen molar-refractivity contribution in [2.45, 2.75) is 25.6 Å². The summed E-state index contributed by atoms with van der Waals surface area (Å²) in [4.78, 5) is 18.4. The number of imidazole rings is 1. The van der Waals surface area contributed by atoms with E-state index in [1.54, 1.807) is 35.2 Å². The molecule has 0 atom stereocenters. The molecule has 1 amide bonds. The Morgan fingerprint density at radius 1 is 1.03 bits per heavy atom. The molecule has 0 aliphatic carbocycles. The molecule has 5 rings (SSSR count). The van der Waals surface area contributed by atoms with Crippen molar-refractivity contribution < 1.29 is 22.5 Å². The first-order valence-electron chi connectivity index (χ1n) is 10.7. The van der Waals surface area contributed by atoms with Gasteiger partial charge in [-0.3, -0.25) is 4.79 Å². The second-order valence-electron chi connectivity index (χ2n) is 8.21. The van der Waals surface area contributed by atoms with Crippen LogP contribution in [0.4, 0.5) is 13.2 Å². The quantitative estimate of drug-likeness (QED) is 0.422. The number of rotatable bonds is 4. The second kappa shape index (κ2) is 8.38. The minimum atomic E-state index is -4.53. The van der Waals surface area contributed by atoms with Crippen LogP contribution in [0.1, 0.15) is 29.2 Å². The van der Waals surface area contributed by atoms with Crippen LogP contribution in [-0.4, -0.2) is 38.6 Å². The molecule has 2 aromatic carbocycles. The third-order valence-electron chi connectivity index (χ3n) is 6.04. The van der Waals surface area contributed by atoms with Crippen molar-refractivity contribution in [1.82, 2.24) is 19.6 Å². The molecule has 1 aliphatic rings. The molecule has 0 unspecified atom stereocenters. The Kier molecular flexibility index (Phi) is 5.39. The smallest absolute Gasteiger partial charge is 0.355 e. The molecule has 170 valence electrons. The van der Waals surface area contributed by atoms with Crippen LogP contribution in [0.3, 0.4) is 0 Å². The van der Waals surface area contributed by atoms with Crippen molar-refractivity contribution in [3.63, 3.8) is 0 Å². The number of benzene rings is 2. The van der Waals surface area contributed by atoms with Gasteiger partial charge in [-0.15, -0.1) is 0 Å². The highest BCUT2D eigenvalue weighted by Gasteiger charge is 2.38. The third-order valence-corrected chi connectivity index (χ3v) is 6.04. The summed E-state index contributed by atoms with van der Waals surface area (Å²) in [6.45, 7) is 1.11. The molecule has 1 fully saturated rings. The maximum Gasteiger partial charge on any atom is 0.449 e. The Morgan fingerprint density at radius 2 is 1.73 bits per heavy atom.